The summed E-state index contributed by atoms with van der Waals surface area (Å²) in [6, 6.07) is 5.38. The maximum absolute atomic E-state index is 13.8. The second kappa shape index (κ2) is 8.06. The van der Waals surface area contributed by atoms with Gasteiger partial charge in [-0.2, -0.15) is 0 Å². The van der Waals surface area contributed by atoms with E-state index in [0.717, 1.165) is 24.9 Å². The average molecular weight is 254 g/mol. The minimum Gasteiger partial charge on any atom is -0.491 e. The van der Waals surface area contributed by atoms with Crippen molar-refractivity contribution >= 4 is 0 Å². The number of halogens is 1. The fourth-order valence-electron chi connectivity index (χ4n) is 1.97. The van der Waals surface area contributed by atoms with Gasteiger partial charge < -0.3 is 15.4 Å². The summed E-state index contributed by atoms with van der Waals surface area (Å²) in [5, 5.41) is 6.33. The van der Waals surface area contributed by atoms with Crippen molar-refractivity contribution < 1.29 is 9.13 Å². The molecule has 1 unspecified atom stereocenters. The second-order valence-electron chi connectivity index (χ2n) is 4.21. The van der Waals surface area contributed by atoms with Gasteiger partial charge >= 0.3 is 0 Å². The molecule has 4 heteroatoms. The van der Waals surface area contributed by atoms with Gasteiger partial charge in [-0.05, 0) is 58.1 Å². The standard InChI is InChI=1S/C14H23FN2O/c1-4-18-14-8-7-11(10-12(14)15)13(17-3)6-5-9-16-2/h7-8,10,13,16-17H,4-6,9H2,1-3H3. The molecule has 0 aliphatic heterocycles. The molecule has 0 amide bonds. The minimum atomic E-state index is -0.289. The molecule has 0 aliphatic carbocycles. The topological polar surface area (TPSA) is 33.3 Å². The monoisotopic (exact) mass is 254 g/mol. The molecule has 0 saturated carbocycles. The van der Waals surface area contributed by atoms with Crippen LogP contribution in [0.25, 0.3) is 0 Å². The van der Waals surface area contributed by atoms with Crippen LogP contribution in [0, 0.1) is 5.82 Å². The molecule has 2 N–H and O–H groups in total. The third-order valence-electron chi connectivity index (χ3n) is 2.93. The zero-order valence-electron chi connectivity index (χ0n) is 11.4. The van der Waals surface area contributed by atoms with E-state index in [1.54, 1.807) is 12.1 Å². The highest BCUT2D eigenvalue weighted by molar-refractivity contribution is 5.31. The lowest BCUT2D eigenvalue weighted by Gasteiger charge is -2.17. The first-order valence-corrected chi connectivity index (χ1v) is 6.47. The van der Waals surface area contributed by atoms with Gasteiger partial charge in [0.2, 0.25) is 0 Å². The van der Waals surface area contributed by atoms with Gasteiger partial charge in [0.1, 0.15) is 0 Å². The smallest absolute Gasteiger partial charge is 0.165 e. The van der Waals surface area contributed by atoms with Gasteiger partial charge in [-0.25, -0.2) is 4.39 Å². The van der Waals surface area contributed by atoms with Crippen LogP contribution in [0.2, 0.25) is 0 Å². The largest absolute Gasteiger partial charge is 0.491 e. The highest BCUT2D eigenvalue weighted by Gasteiger charge is 2.12. The van der Waals surface area contributed by atoms with Crippen LogP contribution in [0.15, 0.2) is 18.2 Å². The van der Waals surface area contributed by atoms with Crippen LogP contribution in [0.5, 0.6) is 5.75 Å². The highest BCUT2D eigenvalue weighted by atomic mass is 19.1. The summed E-state index contributed by atoms with van der Waals surface area (Å²) in [4.78, 5) is 0. The van der Waals surface area contributed by atoms with E-state index in [9.17, 15) is 4.39 Å². The lowest BCUT2D eigenvalue weighted by Crippen LogP contribution is -2.18. The molecule has 0 aliphatic rings. The quantitative estimate of drug-likeness (QED) is 0.699. The van der Waals surface area contributed by atoms with Crippen LogP contribution >= 0.6 is 0 Å². The molecule has 18 heavy (non-hydrogen) atoms. The predicted octanol–water partition coefficient (Wildman–Crippen LogP) is 2.48. The molecule has 0 radical (unpaired) electrons. The molecule has 102 valence electrons. The molecule has 3 nitrogen and oxygen atoms in total. The molecule has 1 rings (SSSR count). The van der Waals surface area contributed by atoms with Crippen molar-refractivity contribution in [2.24, 2.45) is 0 Å². The summed E-state index contributed by atoms with van der Waals surface area (Å²) < 4.78 is 19.0. The average Bonchev–Trinajstić information content (AvgIpc) is 2.37. The van der Waals surface area contributed by atoms with E-state index < -0.39 is 0 Å². The van der Waals surface area contributed by atoms with Crippen molar-refractivity contribution in [2.75, 3.05) is 27.2 Å². The third-order valence-corrected chi connectivity index (χ3v) is 2.93. The fraction of sp³-hybridized carbons (Fsp3) is 0.571. The van der Waals surface area contributed by atoms with Crippen molar-refractivity contribution in [3.05, 3.63) is 29.6 Å². The Bertz CT molecular complexity index is 358. The van der Waals surface area contributed by atoms with Crippen LogP contribution in [0.3, 0.4) is 0 Å². The maximum atomic E-state index is 13.8. The van der Waals surface area contributed by atoms with Crippen molar-refractivity contribution in [2.45, 2.75) is 25.8 Å². The van der Waals surface area contributed by atoms with E-state index >= 15 is 0 Å². The number of hydrogen-bond acceptors (Lipinski definition) is 3. The van der Waals surface area contributed by atoms with E-state index in [1.807, 2.05) is 27.1 Å². The molecule has 0 fully saturated rings. The summed E-state index contributed by atoms with van der Waals surface area (Å²) >= 11 is 0. The van der Waals surface area contributed by atoms with Gasteiger partial charge in [-0.1, -0.05) is 6.07 Å². The summed E-state index contributed by atoms with van der Waals surface area (Å²) in [6.45, 7) is 3.30. The predicted molar refractivity (Wildman–Crippen MR) is 72.5 cm³/mol. The number of ether oxygens (including phenoxy) is 1. The van der Waals surface area contributed by atoms with E-state index in [-0.39, 0.29) is 11.9 Å². The van der Waals surface area contributed by atoms with Crippen LogP contribution in [0.4, 0.5) is 4.39 Å². The van der Waals surface area contributed by atoms with Crippen molar-refractivity contribution in [3.8, 4) is 5.75 Å². The van der Waals surface area contributed by atoms with Gasteiger partial charge in [0.05, 0.1) is 6.61 Å². The molecule has 0 spiro atoms. The summed E-state index contributed by atoms with van der Waals surface area (Å²) in [6.07, 6.45) is 2.03. The molecular formula is C14H23FN2O. The SMILES string of the molecule is CCOc1ccc(C(CCCNC)NC)cc1F. The van der Waals surface area contributed by atoms with Crippen LogP contribution in [0.1, 0.15) is 31.4 Å². The van der Waals surface area contributed by atoms with Crippen LogP contribution < -0.4 is 15.4 Å². The van der Waals surface area contributed by atoms with Gasteiger partial charge in [0, 0.05) is 6.04 Å². The Balaban J connectivity index is 2.71. The Labute approximate surface area is 109 Å². The van der Waals surface area contributed by atoms with Gasteiger partial charge in [-0.3, -0.25) is 0 Å². The Hall–Kier alpha value is -1.13. The maximum Gasteiger partial charge on any atom is 0.165 e. The molecule has 0 heterocycles. The normalized spacial score (nSPS) is 12.4. The summed E-state index contributed by atoms with van der Waals surface area (Å²) in [5.74, 6) is 0.0366. The first-order chi connectivity index (χ1) is 8.72. The summed E-state index contributed by atoms with van der Waals surface area (Å²) in [5.41, 5.74) is 0.967. The van der Waals surface area contributed by atoms with E-state index in [0.29, 0.717) is 12.4 Å². The van der Waals surface area contributed by atoms with E-state index in [1.165, 1.54) is 0 Å². The zero-order chi connectivity index (χ0) is 13.4. The molecule has 0 aromatic heterocycles. The second-order valence-corrected chi connectivity index (χ2v) is 4.21. The first-order valence-electron chi connectivity index (χ1n) is 6.47. The molecule has 1 atom stereocenters. The van der Waals surface area contributed by atoms with Crippen LogP contribution in [-0.2, 0) is 0 Å². The molecule has 1 aromatic rings. The number of rotatable bonds is 8. The zero-order valence-corrected chi connectivity index (χ0v) is 11.4. The Morgan fingerprint density at radius 3 is 2.67 bits per heavy atom. The van der Waals surface area contributed by atoms with Crippen LogP contribution in [-0.4, -0.2) is 27.2 Å². The third kappa shape index (κ3) is 4.27. The number of benzene rings is 1. The van der Waals surface area contributed by atoms with Crippen molar-refractivity contribution in [3.63, 3.8) is 0 Å². The Morgan fingerprint density at radius 1 is 1.33 bits per heavy atom. The lowest BCUT2D eigenvalue weighted by molar-refractivity contribution is 0.321. The van der Waals surface area contributed by atoms with Gasteiger partial charge in [0.25, 0.3) is 0 Å². The van der Waals surface area contributed by atoms with Gasteiger partial charge in [0.15, 0.2) is 11.6 Å². The fourth-order valence-corrected chi connectivity index (χ4v) is 1.97. The van der Waals surface area contributed by atoms with Crippen molar-refractivity contribution in [1.29, 1.82) is 0 Å². The highest BCUT2D eigenvalue weighted by Crippen LogP contribution is 2.24. The van der Waals surface area contributed by atoms with E-state index in [2.05, 4.69) is 10.6 Å². The molecule has 0 saturated heterocycles. The summed E-state index contributed by atoms with van der Waals surface area (Å²) in [7, 11) is 3.84. The number of nitrogens with one attached hydrogen (secondary N) is 2. The molecular weight excluding hydrogens is 231 g/mol. The Kier molecular flexibility index (Phi) is 6.68. The molecule has 0 bridgehead atoms. The minimum absolute atomic E-state index is 0.184. The van der Waals surface area contributed by atoms with Crippen molar-refractivity contribution in [1.82, 2.24) is 10.6 Å². The molecule has 1 aromatic carbocycles. The van der Waals surface area contributed by atoms with Gasteiger partial charge in [-0.15, -0.1) is 0 Å². The Morgan fingerprint density at radius 2 is 2.11 bits per heavy atom. The number of hydrogen-bond donors (Lipinski definition) is 2. The first kappa shape index (κ1) is 14.9. The lowest BCUT2D eigenvalue weighted by atomic mass is 10.0. The van der Waals surface area contributed by atoms with E-state index in [4.69, 9.17) is 4.74 Å².